The minimum Gasteiger partial charge on any atom is -0.381 e. The number of nitrogens with two attached hydrogens (primary N) is 1. The molecule has 1 aliphatic heterocycles. The molecule has 20 heavy (non-hydrogen) atoms. The van der Waals surface area contributed by atoms with Crippen molar-refractivity contribution in [1.29, 1.82) is 0 Å². The largest absolute Gasteiger partial charge is 0.381 e. The van der Waals surface area contributed by atoms with Crippen LogP contribution in [0.15, 0.2) is 16.6 Å². The molecule has 3 rings (SSSR count). The molecule has 0 saturated carbocycles. The monoisotopic (exact) mass is 315 g/mol. The van der Waals surface area contributed by atoms with Gasteiger partial charge in [0, 0.05) is 24.7 Å². The van der Waals surface area contributed by atoms with E-state index in [2.05, 4.69) is 10.3 Å². The number of carbonyl (C=O) groups excluding carboxylic acids is 1. The van der Waals surface area contributed by atoms with Crippen LogP contribution >= 0.6 is 11.3 Å². The zero-order valence-corrected chi connectivity index (χ0v) is 12.2. The van der Waals surface area contributed by atoms with E-state index in [1.165, 1.54) is 15.7 Å². The van der Waals surface area contributed by atoms with E-state index in [4.69, 9.17) is 5.73 Å². The molecule has 0 aliphatic carbocycles. The minimum atomic E-state index is -3.87. The molecule has 3 heterocycles. The van der Waals surface area contributed by atoms with Gasteiger partial charge in [0.15, 0.2) is 15.8 Å². The van der Waals surface area contributed by atoms with E-state index in [0.29, 0.717) is 4.96 Å². The smallest absolute Gasteiger partial charge is 0.263 e. The number of amides is 1. The third-order valence-corrected chi connectivity index (χ3v) is 6.01. The van der Waals surface area contributed by atoms with Crippen LogP contribution in [0, 0.1) is 0 Å². The first-order valence-electron chi connectivity index (χ1n) is 5.93. The average molecular weight is 315 g/mol. The van der Waals surface area contributed by atoms with E-state index in [1.807, 2.05) is 0 Å². The maximum Gasteiger partial charge on any atom is 0.263 e. The van der Waals surface area contributed by atoms with Crippen molar-refractivity contribution >= 4 is 38.0 Å². The Balaban J connectivity index is 2.14. The Kier molecular flexibility index (Phi) is 2.96. The SMILES string of the molecule is CC1C(=O)NCCN1S(=O)(=O)c1c(N)nc2sccn12. The Morgan fingerprint density at radius 2 is 2.30 bits per heavy atom. The van der Waals surface area contributed by atoms with Crippen LogP contribution < -0.4 is 11.1 Å². The summed E-state index contributed by atoms with van der Waals surface area (Å²) in [6, 6.07) is -0.766. The molecule has 1 fully saturated rings. The van der Waals surface area contributed by atoms with Gasteiger partial charge in [-0.3, -0.25) is 9.20 Å². The number of nitrogen functional groups attached to an aromatic ring is 1. The van der Waals surface area contributed by atoms with Crippen LogP contribution in [0.5, 0.6) is 0 Å². The predicted octanol–water partition coefficient (Wildman–Crippen LogP) is -0.513. The molecular formula is C10H13N5O3S2. The first kappa shape index (κ1) is 13.3. The minimum absolute atomic E-state index is 0.0463. The van der Waals surface area contributed by atoms with Crippen molar-refractivity contribution in [3.63, 3.8) is 0 Å². The molecule has 10 heteroatoms. The molecule has 0 aromatic carbocycles. The molecule has 1 aliphatic rings. The second-order valence-corrected chi connectivity index (χ2v) is 7.12. The molecule has 0 bridgehead atoms. The number of aromatic nitrogens is 2. The second kappa shape index (κ2) is 4.43. The van der Waals surface area contributed by atoms with Gasteiger partial charge in [0.1, 0.15) is 6.04 Å². The molecule has 1 atom stereocenters. The third-order valence-electron chi connectivity index (χ3n) is 3.24. The Hall–Kier alpha value is -1.65. The summed E-state index contributed by atoms with van der Waals surface area (Å²) in [7, 11) is -3.87. The zero-order chi connectivity index (χ0) is 14.5. The third kappa shape index (κ3) is 1.79. The summed E-state index contributed by atoms with van der Waals surface area (Å²) in [5.74, 6) is -0.362. The summed E-state index contributed by atoms with van der Waals surface area (Å²) in [5.41, 5.74) is 5.74. The Labute approximate surface area is 119 Å². The number of fused-ring (bicyclic) bond motifs is 1. The summed E-state index contributed by atoms with van der Waals surface area (Å²) in [4.78, 5) is 16.2. The molecule has 0 radical (unpaired) electrons. The van der Waals surface area contributed by atoms with Crippen LogP contribution in [-0.2, 0) is 14.8 Å². The van der Waals surface area contributed by atoms with Gasteiger partial charge >= 0.3 is 0 Å². The Morgan fingerprint density at radius 1 is 1.55 bits per heavy atom. The number of sulfonamides is 1. The van der Waals surface area contributed by atoms with Gasteiger partial charge in [-0.2, -0.15) is 4.31 Å². The number of hydrogen-bond acceptors (Lipinski definition) is 6. The van der Waals surface area contributed by atoms with Crippen molar-refractivity contribution < 1.29 is 13.2 Å². The van der Waals surface area contributed by atoms with E-state index < -0.39 is 16.1 Å². The molecule has 8 nitrogen and oxygen atoms in total. The van der Waals surface area contributed by atoms with Crippen molar-refractivity contribution in [2.75, 3.05) is 18.8 Å². The van der Waals surface area contributed by atoms with E-state index >= 15 is 0 Å². The normalized spacial score (nSPS) is 21.2. The molecule has 3 N–H and O–H groups in total. The fraction of sp³-hybridized carbons (Fsp3) is 0.400. The van der Waals surface area contributed by atoms with Gasteiger partial charge in [0.05, 0.1) is 0 Å². The number of imidazole rings is 1. The highest BCUT2D eigenvalue weighted by molar-refractivity contribution is 7.89. The second-order valence-electron chi connectivity index (χ2n) is 4.44. The summed E-state index contributed by atoms with van der Waals surface area (Å²) in [6.07, 6.45) is 1.60. The lowest BCUT2D eigenvalue weighted by Gasteiger charge is -2.31. The van der Waals surface area contributed by atoms with Crippen molar-refractivity contribution in [2.45, 2.75) is 18.0 Å². The lowest BCUT2D eigenvalue weighted by molar-refractivity contribution is -0.126. The van der Waals surface area contributed by atoms with Crippen LogP contribution in [0.1, 0.15) is 6.92 Å². The number of carbonyl (C=O) groups is 1. The number of nitrogens with zero attached hydrogens (tertiary/aromatic N) is 3. The fourth-order valence-electron chi connectivity index (χ4n) is 2.24. The maximum atomic E-state index is 12.7. The summed E-state index contributed by atoms with van der Waals surface area (Å²) in [5, 5.41) is 4.28. The molecule has 1 amide bonds. The van der Waals surface area contributed by atoms with Crippen LogP contribution in [0.2, 0.25) is 0 Å². The van der Waals surface area contributed by atoms with Crippen molar-refractivity contribution in [3.8, 4) is 0 Å². The average Bonchev–Trinajstić information content (AvgIpc) is 2.91. The van der Waals surface area contributed by atoms with Crippen LogP contribution in [-0.4, -0.2) is 47.1 Å². The van der Waals surface area contributed by atoms with Crippen LogP contribution in [0.4, 0.5) is 5.82 Å². The molecule has 2 aromatic rings. The Morgan fingerprint density at radius 3 is 3.05 bits per heavy atom. The fourth-order valence-corrected chi connectivity index (χ4v) is 4.79. The highest BCUT2D eigenvalue weighted by Gasteiger charge is 2.38. The van der Waals surface area contributed by atoms with Gasteiger partial charge in [0.25, 0.3) is 10.0 Å². The summed E-state index contributed by atoms with van der Waals surface area (Å²) in [6.45, 7) is 2.05. The molecule has 108 valence electrons. The highest BCUT2D eigenvalue weighted by atomic mass is 32.2. The highest BCUT2D eigenvalue weighted by Crippen LogP contribution is 2.27. The molecule has 0 spiro atoms. The van der Waals surface area contributed by atoms with E-state index in [9.17, 15) is 13.2 Å². The lowest BCUT2D eigenvalue weighted by Crippen LogP contribution is -2.55. The van der Waals surface area contributed by atoms with Gasteiger partial charge in [-0.1, -0.05) is 0 Å². The van der Waals surface area contributed by atoms with Crippen LogP contribution in [0.25, 0.3) is 4.96 Å². The van der Waals surface area contributed by atoms with E-state index in [-0.39, 0.29) is 29.8 Å². The number of anilines is 1. The van der Waals surface area contributed by atoms with E-state index in [0.717, 1.165) is 4.31 Å². The Bertz CT molecular complexity index is 778. The van der Waals surface area contributed by atoms with Gasteiger partial charge in [-0.05, 0) is 6.92 Å². The first-order valence-corrected chi connectivity index (χ1v) is 8.25. The van der Waals surface area contributed by atoms with E-state index in [1.54, 1.807) is 18.5 Å². The molecule has 2 aromatic heterocycles. The number of rotatable bonds is 2. The number of piperazine rings is 1. The first-order chi connectivity index (χ1) is 9.43. The summed E-state index contributed by atoms with van der Waals surface area (Å²) >= 11 is 1.30. The number of nitrogens with one attached hydrogen (secondary N) is 1. The number of thiazole rings is 1. The molecule has 1 saturated heterocycles. The summed E-state index contributed by atoms with van der Waals surface area (Å²) < 4.78 is 28.1. The van der Waals surface area contributed by atoms with Gasteiger partial charge in [0.2, 0.25) is 5.91 Å². The van der Waals surface area contributed by atoms with Gasteiger partial charge in [-0.15, -0.1) is 11.3 Å². The zero-order valence-electron chi connectivity index (χ0n) is 10.6. The lowest BCUT2D eigenvalue weighted by atomic mass is 10.2. The van der Waals surface area contributed by atoms with Gasteiger partial charge < -0.3 is 11.1 Å². The van der Waals surface area contributed by atoms with Crippen LogP contribution in [0.3, 0.4) is 0 Å². The van der Waals surface area contributed by atoms with Crippen molar-refractivity contribution in [2.24, 2.45) is 0 Å². The number of hydrogen-bond donors (Lipinski definition) is 2. The topological polar surface area (TPSA) is 110 Å². The van der Waals surface area contributed by atoms with Crippen molar-refractivity contribution in [3.05, 3.63) is 11.6 Å². The van der Waals surface area contributed by atoms with Crippen molar-refractivity contribution in [1.82, 2.24) is 19.0 Å². The molecule has 1 unspecified atom stereocenters. The quantitative estimate of drug-likeness (QED) is 0.775. The standard InChI is InChI=1S/C10H13N5O3S2/c1-6-8(16)12-2-3-15(6)20(17,18)9-7(11)13-10-14(9)4-5-19-10/h4-6H,2-3,11H2,1H3,(H,12,16). The predicted molar refractivity (Wildman–Crippen MR) is 73.8 cm³/mol. The maximum absolute atomic E-state index is 12.7. The van der Waals surface area contributed by atoms with Gasteiger partial charge in [-0.25, -0.2) is 13.4 Å². The molecular weight excluding hydrogens is 302 g/mol.